The number of fused-ring (bicyclic) bond motifs is 1. The van der Waals surface area contributed by atoms with Crippen molar-refractivity contribution in [2.75, 3.05) is 13.1 Å². The predicted octanol–water partition coefficient (Wildman–Crippen LogP) is 6.28. The number of rotatable bonds is 6. The van der Waals surface area contributed by atoms with Crippen LogP contribution in [0.1, 0.15) is 71.8 Å². The Labute approximate surface area is 220 Å². The minimum Gasteiger partial charge on any atom is -0.413 e. The molecule has 1 aromatic rings. The summed E-state index contributed by atoms with van der Waals surface area (Å²) in [5.74, 6) is 0.984. The van der Waals surface area contributed by atoms with Crippen LogP contribution in [0.3, 0.4) is 0 Å². The fourth-order valence-corrected chi connectivity index (χ4v) is 9.44. The van der Waals surface area contributed by atoms with E-state index in [4.69, 9.17) is 4.43 Å². The van der Waals surface area contributed by atoms with Crippen molar-refractivity contribution in [1.29, 1.82) is 0 Å². The highest BCUT2D eigenvalue weighted by atomic mass is 32.2. The van der Waals surface area contributed by atoms with Gasteiger partial charge in [-0.3, -0.25) is 0 Å². The van der Waals surface area contributed by atoms with Crippen LogP contribution in [0.2, 0.25) is 18.1 Å². The number of hydrogen-bond donors (Lipinski definition) is 1. The predicted molar refractivity (Wildman–Crippen MR) is 149 cm³/mol. The van der Waals surface area contributed by atoms with Gasteiger partial charge in [0.2, 0.25) is 10.0 Å². The zero-order valence-electron chi connectivity index (χ0n) is 23.4. The van der Waals surface area contributed by atoms with Crippen LogP contribution in [0.4, 0.5) is 0 Å². The van der Waals surface area contributed by atoms with Crippen molar-refractivity contribution in [2.24, 2.45) is 17.3 Å². The lowest BCUT2D eigenvalue weighted by atomic mass is 9.61. The van der Waals surface area contributed by atoms with Gasteiger partial charge in [0.05, 0.1) is 17.1 Å². The largest absolute Gasteiger partial charge is 0.413 e. The zero-order valence-corrected chi connectivity index (χ0v) is 25.2. The van der Waals surface area contributed by atoms with Crippen LogP contribution < -0.4 is 0 Å². The lowest BCUT2D eigenvalue weighted by Gasteiger charge is -2.52. The first kappa shape index (κ1) is 28.0. The van der Waals surface area contributed by atoms with Crippen molar-refractivity contribution in [1.82, 2.24) is 4.31 Å². The normalized spacial score (nSPS) is 32.3. The van der Waals surface area contributed by atoms with E-state index < -0.39 is 18.3 Å². The standard InChI is InChI=1S/C29H47NO4SSi/c1-21-10-12-26(13-11-21)35(32,33)30-14-8-9-23(20-30)18-29-19-25(31)17-24(29)15-22(2)16-27(29)34-36(6,7)28(3,4)5/h9-13,22,24-25,27,31H,8,14-20H2,1-7H3/t22-,24+,25?,27-,29-/m1/s1. The Morgan fingerprint density at radius 2 is 1.81 bits per heavy atom. The van der Waals surface area contributed by atoms with Gasteiger partial charge in [-0.25, -0.2) is 8.42 Å². The summed E-state index contributed by atoms with van der Waals surface area (Å²) in [6.07, 6.45) is 7.35. The van der Waals surface area contributed by atoms with Crippen LogP contribution in [-0.2, 0) is 14.4 Å². The topological polar surface area (TPSA) is 66.8 Å². The second-order valence-electron chi connectivity index (χ2n) is 13.4. The van der Waals surface area contributed by atoms with Crippen LogP contribution >= 0.6 is 0 Å². The number of aryl methyl sites for hydroxylation is 1. The molecule has 5 nitrogen and oxygen atoms in total. The van der Waals surface area contributed by atoms with Crippen LogP contribution in [-0.4, -0.2) is 51.4 Å². The van der Waals surface area contributed by atoms with Gasteiger partial charge in [0.15, 0.2) is 8.32 Å². The van der Waals surface area contributed by atoms with Gasteiger partial charge in [-0.2, -0.15) is 4.31 Å². The van der Waals surface area contributed by atoms with E-state index in [0.717, 1.165) is 44.1 Å². The van der Waals surface area contributed by atoms with Crippen molar-refractivity contribution < 1.29 is 18.0 Å². The Bertz CT molecular complexity index is 1080. The van der Waals surface area contributed by atoms with Gasteiger partial charge in [-0.15, -0.1) is 0 Å². The summed E-state index contributed by atoms with van der Waals surface area (Å²) in [6.45, 7) is 16.8. The molecule has 4 rings (SSSR count). The monoisotopic (exact) mass is 533 g/mol. The molecule has 2 fully saturated rings. The van der Waals surface area contributed by atoms with Crippen LogP contribution in [0.25, 0.3) is 0 Å². The molecule has 2 saturated carbocycles. The van der Waals surface area contributed by atoms with E-state index in [1.54, 1.807) is 16.4 Å². The van der Waals surface area contributed by atoms with Crippen LogP contribution in [0, 0.1) is 24.2 Å². The van der Waals surface area contributed by atoms with Gasteiger partial charge < -0.3 is 9.53 Å². The zero-order chi connectivity index (χ0) is 26.5. The number of benzene rings is 1. The smallest absolute Gasteiger partial charge is 0.243 e. The van der Waals surface area contributed by atoms with E-state index in [-0.39, 0.29) is 22.7 Å². The fraction of sp³-hybridized carbons (Fsp3) is 0.724. The molecule has 1 aromatic carbocycles. The molecule has 202 valence electrons. The Morgan fingerprint density at radius 3 is 2.44 bits per heavy atom. The molecule has 1 aliphatic heterocycles. The molecule has 0 saturated heterocycles. The third-order valence-electron chi connectivity index (χ3n) is 9.58. The minimum absolute atomic E-state index is 0.106. The molecule has 7 heteroatoms. The lowest BCUT2D eigenvalue weighted by molar-refractivity contribution is -0.0494. The first-order chi connectivity index (χ1) is 16.6. The third-order valence-corrected chi connectivity index (χ3v) is 15.9. The third kappa shape index (κ3) is 5.42. The van der Waals surface area contributed by atoms with Gasteiger partial charge in [0.25, 0.3) is 0 Å². The minimum atomic E-state index is -3.54. The van der Waals surface area contributed by atoms with Crippen molar-refractivity contribution in [3.8, 4) is 0 Å². The van der Waals surface area contributed by atoms with Gasteiger partial charge >= 0.3 is 0 Å². The lowest BCUT2D eigenvalue weighted by Crippen LogP contribution is -2.53. The molecule has 0 bridgehead atoms. The highest BCUT2D eigenvalue weighted by molar-refractivity contribution is 7.89. The molecule has 0 spiro atoms. The highest BCUT2D eigenvalue weighted by Gasteiger charge is 2.57. The van der Waals surface area contributed by atoms with E-state index >= 15 is 0 Å². The maximum atomic E-state index is 13.5. The number of hydrogen-bond acceptors (Lipinski definition) is 4. The maximum absolute atomic E-state index is 13.5. The van der Waals surface area contributed by atoms with Gasteiger partial charge in [-0.05, 0) is 87.5 Å². The van der Waals surface area contributed by atoms with Crippen molar-refractivity contribution in [3.63, 3.8) is 0 Å². The van der Waals surface area contributed by atoms with E-state index in [0.29, 0.717) is 29.8 Å². The number of aliphatic hydroxyl groups excluding tert-OH is 1. The average molecular weight is 534 g/mol. The van der Waals surface area contributed by atoms with E-state index in [1.165, 1.54) is 5.57 Å². The van der Waals surface area contributed by atoms with Crippen molar-refractivity contribution >= 4 is 18.3 Å². The molecule has 5 atom stereocenters. The summed E-state index contributed by atoms with van der Waals surface area (Å²) in [7, 11) is -5.56. The van der Waals surface area contributed by atoms with Crippen molar-refractivity contribution in [3.05, 3.63) is 41.5 Å². The molecule has 0 amide bonds. The van der Waals surface area contributed by atoms with E-state index in [2.05, 4.69) is 46.9 Å². The van der Waals surface area contributed by atoms with Gasteiger partial charge in [0, 0.05) is 18.5 Å². The average Bonchev–Trinajstić information content (AvgIpc) is 3.09. The highest BCUT2D eigenvalue weighted by Crippen LogP contribution is 2.59. The fourth-order valence-electron chi connectivity index (χ4n) is 6.59. The second kappa shape index (κ2) is 9.95. The van der Waals surface area contributed by atoms with Crippen molar-refractivity contribution in [2.45, 2.75) is 108 Å². The Balaban J connectivity index is 1.61. The molecule has 1 unspecified atom stereocenters. The Hall–Kier alpha value is -0.993. The molecule has 2 aliphatic carbocycles. The van der Waals surface area contributed by atoms with Crippen LogP contribution in [0.5, 0.6) is 0 Å². The molecule has 0 radical (unpaired) electrons. The SMILES string of the molecule is Cc1ccc(S(=O)(=O)N2CCC=C(C[C@@]34CC(O)C[C@@H]3C[C@@H](C)C[C@H]4O[Si](C)(C)C(C)(C)C)C2)cc1. The summed E-state index contributed by atoms with van der Waals surface area (Å²) in [5.41, 5.74) is 2.12. The quantitative estimate of drug-likeness (QED) is 0.345. The molecule has 1 heterocycles. The molecule has 0 aromatic heterocycles. The van der Waals surface area contributed by atoms with E-state index in [1.807, 2.05) is 19.1 Å². The maximum Gasteiger partial charge on any atom is 0.243 e. The molecule has 3 aliphatic rings. The van der Waals surface area contributed by atoms with Gasteiger partial charge in [-0.1, -0.05) is 57.0 Å². The summed E-state index contributed by atoms with van der Waals surface area (Å²) in [4.78, 5) is 0.368. The summed E-state index contributed by atoms with van der Waals surface area (Å²) in [5, 5.41) is 11.0. The summed E-state index contributed by atoms with van der Waals surface area (Å²) >= 11 is 0. The molecule has 1 N–H and O–H groups in total. The van der Waals surface area contributed by atoms with Gasteiger partial charge in [0.1, 0.15) is 0 Å². The second-order valence-corrected chi connectivity index (χ2v) is 20.1. The Kier molecular flexibility index (Phi) is 7.75. The number of aliphatic hydroxyl groups is 1. The van der Waals surface area contributed by atoms with E-state index in [9.17, 15) is 13.5 Å². The number of sulfonamides is 1. The molecule has 36 heavy (non-hydrogen) atoms. The Morgan fingerprint density at radius 1 is 1.14 bits per heavy atom. The first-order valence-corrected chi connectivity index (χ1v) is 18.1. The summed E-state index contributed by atoms with van der Waals surface area (Å²) < 4.78 is 35.7. The molecular weight excluding hydrogens is 486 g/mol. The molecular formula is C29H47NO4SSi. The first-order valence-electron chi connectivity index (χ1n) is 13.7. The summed E-state index contributed by atoms with van der Waals surface area (Å²) in [6, 6.07) is 7.17. The number of nitrogens with zero attached hydrogens (tertiary/aromatic N) is 1. The van der Waals surface area contributed by atoms with Crippen LogP contribution in [0.15, 0.2) is 40.8 Å².